The lowest BCUT2D eigenvalue weighted by Crippen LogP contribution is -2.34. The number of halogens is 1. The molecular weight excluding hydrogens is 319 g/mol. The first-order valence-corrected chi connectivity index (χ1v) is 7.38. The van der Waals surface area contributed by atoms with E-state index in [-0.39, 0.29) is 13.0 Å². The predicted molar refractivity (Wildman–Crippen MR) is 81.5 cm³/mol. The maximum absolute atomic E-state index is 14.1. The number of hydrogen-bond acceptors (Lipinski definition) is 5. The second-order valence-electron chi connectivity index (χ2n) is 5.38. The first kappa shape index (κ1) is 16.1. The summed E-state index contributed by atoms with van der Waals surface area (Å²) in [4.78, 5) is 36.7. The molecular formula is C16H15FN2O5. The Kier molecular flexibility index (Phi) is 4.57. The monoisotopic (exact) mass is 334 g/mol. The second-order valence-corrected chi connectivity index (χ2v) is 5.38. The van der Waals surface area contributed by atoms with Gasteiger partial charge in [-0.05, 0) is 12.1 Å². The number of carbonyl (C=O) groups excluding carboxylic acids is 1. The van der Waals surface area contributed by atoms with Gasteiger partial charge in [-0.15, -0.1) is 0 Å². The van der Waals surface area contributed by atoms with E-state index < -0.39 is 35.7 Å². The quantitative estimate of drug-likeness (QED) is 0.843. The van der Waals surface area contributed by atoms with Crippen molar-refractivity contribution in [2.45, 2.75) is 24.9 Å². The Morgan fingerprint density at radius 3 is 2.75 bits per heavy atom. The van der Waals surface area contributed by atoms with Gasteiger partial charge in [0.1, 0.15) is 12.8 Å². The minimum Gasteiger partial charge on any atom is -0.459 e. The van der Waals surface area contributed by atoms with Gasteiger partial charge in [0.25, 0.3) is 5.56 Å². The van der Waals surface area contributed by atoms with Crippen molar-refractivity contribution < 1.29 is 18.7 Å². The zero-order chi connectivity index (χ0) is 17.1. The molecule has 0 saturated carbocycles. The van der Waals surface area contributed by atoms with Gasteiger partial charge in [0.15, 0.2) is 6.23 Å². The molecule has 3 atom stereocenters. The maximum atomic E-state index is 14.1. The Bertz CT molecular complexity index is 832. The highest BCUT2D eigenvalue weighted by Crippen LogP contribution is 2.30. The number of aromatic amines is 1. The lowest BCUT2D eigenvalue weighted by molar-refractivity contribution is -0.0456. The van der Waals surface area contributed by atoms with E-state index in [0.717, 1.165) is 10.6 Å². The molecule has 0 spiro atoms. The van der Waals surface area contributed by atoms with Crippen LogP contribution in [0.4, 0.5) is 4.39 Å². The van der Waals surface area contributed by atoms with Crippen LogP contribution >= 0.6 is 0 Å². The third-order valence-electron chi connectivity index (χ3n) is 3.66. The molecule has 1 aromatic carbocycles. The van der Waals surface area contributed by atoms with Crippen LogP contribution in [0.2, 0.25) is 0 Å². The molecule has 1 aliphatic rings. The van der Waals surface area contributed by atoms with Crippen LogP contribution in [-0.2, 0) is 9.47 Å². The van der Waals surface area contributed by atoms with Crippen LogP contribution in [0.1, 0.15) is 23.0 Å². The smallest absolute Gasteiger partial charge is 0.338 e. The van der Waals surface area contributed by atoms with Crippen LogP contribution in [0.5, 0.6) is 0 Å². The molecule has 1 saturated heterocycles. The number of alkyl halides is 1. The molecule has 7 nitrogen and oxygen atoms in total. The van der Waals surface area contributed by atoms with E-state index in [1.165, 1.54) is 6.20 Å². The van der Waals surface area contributed by atoms with Crippen molar-refractivity contribution in [3.8, 4) is 0 Å². The molecule has 0 amide bonds. The Labute approximate surface area is 135 Å². The Balaban J connectivity index is 1.63. The highest BCUT2D eigenvalue weighted by Gasteiger charge is 2.37. The van der Waals surface area contributed by atoms with Crippen molar-refractivity contribution in [3.63, 3.8) is 0 Å². The normalized spacial score (nSPS) is 23.1. The molecule has 2 aromatic rings. The molecule has 2 heterocycles. The standard InChI is InChI=1S/C16H15FN2O5/c17-12-8-11(9-23-15(21)10-4-2-1-3-5-10)24-14(12)19-7-6-13(20)18-16(19)22/h1-7,11-12,14H,8-9H2,(H,18,20,22). The molecule has 24 heavy (non-hydrogen) atoms. The third kappa shape index (κ3) is 3.43. The SMILES string of the molecule is O=C(OCC1CC(F)C(n2ccc(=O)[nH]c2=O)O1)c1ccccc1. The van der Waals surface area contributed by atoms with Gasteiger partial charge in [-0.25, -0.2) is 14.0 Å². The highest BCUT2D eigenvalue weighted by atomic mass is 19.1. The molecule has 1 aromatic heterocycles. The van der Waals surface area contributed by atoms with Gasteiger partial charge >= 0.3 is 11.7 Å². The number of hydrogen-bond donors (Lipinski definition) is 1. The first-order valence-electron chi connectivity index (χ1n) is 7.38. The molecule has 126 valence electrons. The van der Waals surface area contributed by atoms with Gasteiger partial charge in [0.2, 0.25) is 0 Å². The van der Waals surface area contributed by atoms with Crippen molar-refractivity contribution in [3.05, 3.63) is 69.0 Å². The van der Waals surface area contributed by atoms with Crippen molar-refractivity contribution >= 4 is 5.97 Å². The molecule has 1 aliphatic heterocycles. The number of H-pyrrole nitrogens is 1. The number of carbonyl (C=O) groups is 1. The zero-order valence-corrected chi connectivity index (χ0v) is 12.6. The number of rotatable bonds is 4. The summed E-state index contributed by atoms with van der Waals surface area (Å²) >= 11 is 0. The number of nitrogens with zero attached hydrogens (tertiary/aromatic N) is 1. The van der Waals surface area contributed by atoms with Crippen molar-refractivity contribution in [1.29, 1.82) is 0 Å². The summed E-state index contributed by atoms with van der Waals surface area (Å²) in [7, 11) is 0. The number of nitrogens with one attached hydrogen (secondary N) is 1. The Morgan fingerprint density at radius 1 is 1.29 bits per heavy atom. The number of benzene rings is 1. The van der Waals surface area contributed by atoms with E-state index >= 15 is 0 Å². The summed E-state index contributed by atoms with van der Waals surface area (Å²) in [5.41, 5.74) is -0.934. The number of esters is 1. The fourth-order valence-corrected chi connectivity index (χ4v) is 2.51. The van der Waals surface area contributed by atoms with E-state index in [0.29, 0.717) is 5.56 Å². The minimum absolute atomic E-state index is 0.0156. The van der Waals surface area contributed by atoms with Crippen LogP contribution in [0.3, 0.4) is 0 Å². The molecule has 1 N–H and O–H groups in total. The second kappa shape index (κ2) is 6.79. The van der Waals surface area contributed by atoms with Crippen molar-refractivity contribution in [1.82, 2.24) is 9.55 Å². The van der Waals surface area contributed by atoms with Crippen LogP contribution < -0.4 is 11.2 Å². The molecule has 8 heteroatoms. The summed E-state index contributed by atoms with van der Waals surface area (Å²) < 4.78 is 25.7. The van der Waals surface area contributed by atoms with E-state index in [4.69, 9.17) is 9.47 Å². The average Bonchev–Trinajstić information content (AvgIpc) is 2.94. The minimum atomic E-state index is -1.45. The lowest BCUT2D eigenvalue weighted by Gasteiger charge is -2.16. The fraction of sp³-hybridized carbons (Fsp3) is 0.312. The predicted octanol–water partition coefficient (Wildman–Crippen LogP) is 1.02. The molecule has 0 radical (unpaired) electrons. The van der Waals surface area contributed by atoms with Crippen LogP contribution in [-0.4, -0.2) is 34.4 Å². The third-order valence-corrected chi connectivity index (χ3v) is 3.66. The van der Waals surface area contributed by atoms with Gasteiger partial charge in [-0.3, -0.25) is 14.3 Å². The maximum Gasteiger partial charge on any atom is 0.338 e. The summed E-state index contributed by atoms with van der Waals surface area (Å²) in [6, 6.07) is 9.52. The Morgan fingerprint density at radius 2 is 2.04 bits per heavy atom. The summed E-state index contributed by atoms with van der Waals surface area (Å²) in [5, 5.41) is 0. The van der Waals surface area contributed by atoms with Crippen LogP contribution in [0.25, 0.3) is 0 Å². The van der Waals surface area contributed by atoms with E-state index in [2.05, 4.69) is 0 Å². The first-order chi connectivity index (χ1) is 11.5. The average molecular weight is 334 g/mol. The summed E-state index contributed by atoms with van der Waals surface area (Å²) in [5.74, 6) is -0.528. The van der Waals surface area contributed by atoms with Gasteiger partial charge in [0.05, 0.1) is 11.7 Å². The van der Waals surface area contributed by atoms with Gasteiger partial charge in [-0.2, -0.15) is 0 Å². The van der Waals surface area contributed by atoms with Crippen molar-refractivity contribution in [2.75, 3.05) is 6.61 Å². The lowest BCUT2D eigenvalue weighted by atomic mass is 10.2. The molecule has 0 aliphatic carbocycles. The largest absolute Gasteiger partial charge is 0.459 e. The number of ether oxygens (including phenoxy) is 2. The van der Waals surface area contributed by atoms with E-state index in [9.17, 15) is 18.8 Å². The summed E-state index contributed by atoms with van der Waals surface area (Å²) in [6.07, 6.45) is -2.12. The molecule has 3 unspecified atom stereocenters. The molecule has 1 fully saturated rings. The Hall–Kier alpha value is -2.74. The van der Waals surface area contributed by atoms with Gasteiger partial charge in [-0.1, -0.05) is 18.2 Å². The van der Waals surface area contributed by atoms with Gasteiger partial charge < -0.3 is 9.47 Å². The molecule has 0 bridgehead atoms. The van der Waals surface area contributed by atoms with Gasteiger partial charge in [0, 0.05) is 18.7 Å². The van der Waals surface area contributed by atoms with E-state index in [1.807, 2.05) is 4.98 Å². The van der Waals surface area contributed by atoms with Crippen molar-refractivity contribution in [2.24, 2.45) is 0 Å². The van der Waals surface area contributed by atoms with E-state index in [1.54, 1.807) is 30.3 Å². The molecule has 3 rings (SSSR count). The fourth-order valence-electron chi connectivity index (χ4n) is 2.51. The van der Waals surface area contributed by atoms with Crippen LogP contribution in [0, 0.1) is 0 Å². The van der Waals surface area contributed by atoms with Crippen LogP contribution in [0.15, 0.2) is 52.2 Å². The zero-order valence-electron chi connectivity index (χ0n) is 12.6. The summed E-state index contributed by atoms with van der Waals surface area (Å²) in [6.45, 7) is -0.122. The number of aromatic nitrogens is 2. The highest BCUT2D eigenvalue weighted by molar-refractivity contribution is 5.89. The topological polar surface area (TPSA) is 90.4 Å².